The molecule has 0 radical (unpaired) electrons. The fraction of sp³-hybridized carbons (Fsp3) is 0.180. The molecule has 0 amide bonds. The van der Waals surface area contributed by atoms with Gasteiger partial charge >= 0.3 is 0 Å². The van der Waals surface area contributed by atoms with Crippen molar-refractivity contribution in [1.82, 2.24) is 19.1 Å². The molecule has 0 saturated carbocycles. The number of hydrogen-bond acceptors (Lipinski definition) is 3. The highest BCUT2D eigenvalue weighted by Gasteiger charge is 2.18. The van der Waals surface area contributed by atoms with Gasteiger partial charge in [-0.3, -0.25) is 18.7 Å². The third kappa shape index (κ3) is 6.95. The molecule has 0 atom stereocenters. The molecule has 0 aliphatic heterocycles. The van der Waals surface area contributed by atoms with Crippen molar-refractivity contribution in [2.45, 2.75) is 47.4 Å². The number of rotatable bonds is 9. The Morgan fingerprint density at radius 1 is 0.714 bits per heavy atom. The zero-order valence-corrected chi connectivity index (χ0v) is 32.2. The number of hydrogen-bond donors (Lipinski definition) is 0. The van der Waals surface area contributed by atoms with Gasteiger partial charge in [0.25, 0.3) is 6.33 Å². The number of ether oxygens (including phenoxy) is 1. The van der Waals surface area contributed by atoms with Gasteiger partial charge in [0.2, 0.25) is 0 Å². The SMILES string of the molecule is [2H]C([2H])(c1ccnc(-n2c3ccc(-c4ccccc4)cc3c3ccc(Oc4cncc(-n5[c-][n+](-c6cccc(C([2H])([2H])C(C)(C)C)c6)c6ccccc65)c4)cc32)c1)C(C)C. The van der Waals surface area contributed by atoms with E-state index in [2.05, 4.69) is 52.3 Å². The minimum atomic E-state index is -1.55. The molecule has 9 aromatic rings. The summed E-state index contributed by atoms with van der Waals surface area (Å²) in [5, 5.41) is 2.06. The molecule has 0 N–H and O–H groups in total. The molecular weight excluding hydrogens is 687 g/mol. The highest BCUT2D eigenvalue weighted by Crippen LogP contribution is 2.37. The zero-order chi connectivity index (χ0) is 42.0. The molecule has 0 spiro atoms. The summed E-state index contributed by atoms with van der Waals surface area (Å²) in [5.41, 5.74) is 7.97. The lowest BCUT2D eigenvalue weighted by Crippen LogP contribution is -2.29. The predicted molar refractivity (Wildman–Crippen MR) is 227 cm³/mol. The molecule has 4 aromatic heterocycles. The third-order valence-electron chi connectivity index (χ3n) is 9.65. The minimum absolute atomic E-state index is 0.228. The largest absolute Gasteiger partial charge is 0.456 e. The smallest absolute Gasteiger partial charge is 0.269 e. The van der Waals surface area contributed by atoms with Crippen LogP contribution in [0.4, 0.5) is 0 Å². The van der Waals surface area contributed by atoms with Gasteiger partial charge in [0.05, 0.1) is 39.6 Å². The van der Waals surface area contributed by atoms with Crippen LogP contribution in [0.3, 0.4) is 0 Å². The first-order valence-electron chi connectivity index (χ1n) is 21.0. The van der Waals surface area contributed by atoms with E-state index in [4.69, 9.17) is 15.2 Å². The number of nitrogens with zero attached hydrogens (tertiary/aromatic N) is 5. The van der Waals surface area contributed by atoms with Crippen LogP contribution >= 0.6 is 0 Å². The van der Waals surface area contributed by atoms with Gasteiger partial charge < -0.3 is 4.74 Å². The van der Waals surface area contributed by atoms with Crippen LogP contribution in [0.15, 0.2) is 152 Å². The van der Waals surface area contributed by atoms with Crippen LogP contribution < -0.4 is 9.30 Å². The second-order valence-electron chi connectivity index (χ2n) is 15.5. The molecular formula is C50H45N5O. The van der Waals surface area contributed by atoms with Gasteiger partial charge in [-0.25, -0.2) is 4.98 Å². The first-order valence-corrected chi connectivity index (χ1v) is 19.0. The van der Waals surface area contributed by atoms with Gasteiger partial charge in [-0.05, 0) is 95.4 Å². The summed E-state index contributed by atoms with van der Waals surface area (Å²) >= 11 is 0. The zero-order valence-electron chi connectivity index (χ0n) is 36.2. The normalized spacial score (nSPS) is 13.5. The number of aromatic nitrogens is 5. The summed E-state index contributed by atoms with van der Waals surface area (Å²) in [6.07, 6.45) is 5.56. The molecule has 0 fully saturated rings. The van der Waals surface area contributed by atoms with Crippen LogP contribution in [0.25, 0.3) is 61.2 Å². The van der Waals surface area contributed by atoms with Crippen molar-refractivity contribution in [2.75, 3.05) is 0 Å². The number of imidazole rings is 1. The van der Waals surface area contributed by atoms with Gasteiger partial charge in [0.15, 0.2) is 0 Å². The summed E-state index contributed by atoms with van der Waals surface area (Å²) in [4.78, 5) is 9.38. The second-order valence-corrected chi connectivity index (χ2v) is 15.5. The summed E-state index contributed by atoms with van der Waals surface area (Å²) in [7, 11) is 0. The van der Waals surface area contributed by atoms with E-state index in [1.54, 1.807) is 24.7 Å². The quantitative estimate of drug-likeness (QED) is 0.110. The van der Waals surface area contributed by atoms with Gasteiger partial charge in [-0.15, -0.1) is 0 Å². The van der Waals surface area contributed by atoms with Crippen molar-refractivity contribution in [3.8, 4) is 39.8 Å². The van der Waals surface area contributed by atoms with Gasteiger partial charge in [-0.2, -0.15) is 0 Å². The Morgan fingerprint density at radius 2 is 1.55 bits per heavy atom. The molecule has 5 aromatic carbocycles. The van der Waals surface area contributed by atoms with Crippen LogP contribution in [0.2, 0.25) is 0 Å². The molecule has 0 saturated heterocycles. The molecule has 276 valence electrons. The van der Waals surface area contributed by atoms with Crippen LogP contribution in [0.5, 0.6) is 11.5 Å². The Kier molecular flexibility index (Phi) is 7.84. The highest BCUT2D eigenvalue weighted by molar-refractivity contribution is 6.10. The maximum Gasteiger partial charge on any atom is 0.269 e. The van der Waals surface area contributed by atoms with E-state index < -0.39 is 18.2 Å². The van der Waals surface area contributed by atoms with Crippen LogP contribution in [0, 0.1) is 17.7 Å². The average molecular weight is 736 g/mol. The topological polar surface area (TPSA) is 48.8 Å². The van der Waals surface area contributed by atoms with Crippen LogP contribution in [0.1, 0.15) is 51.2 Å². The van der Waals surface area contributed by atoms with E-state index in [1.807, 2.05) is 135 Å². The number of benzene rings is 5. The molecule has 0 aliphatic carbocycles. The van der Waals surface area contributed by atoms with E-state index in [1.165, 1.54) is 0 Å². The van der Waals surface area contributed by atoms with Gasteiger partial charge in [-0.1, -0.05) is 113 Å². The average Bonchev–Trinajstić information content (AvgIpc) is 3.79. The lowest BCUT2D eigenvalue weighted by atomic mass is 9.88. The third-order valence-corrected chi connectivity index (χ3v) is 9.65. The Labute approximate surface area is 333 Å². The number of para-hydroxylation sites is 2. The van der Waals surface area contributed by atoms with Crippen LogP contribution in [-0.4, -0.2) is 19.1 Å². The van der Waals surface area contributed by atoms with Crippen molar-refractivity contribution in [3.63, 3.8) is 0 Å². The lowest BCUT2D eigenvalue weighted by Gasteiger charge is -2.18. The predicted octanol–water partition coefficient (Wildman–Crippen LogP) is 11.8. The molecule has 0 unspecified atom stereocenters. The lowest BCUT2D eigenvalue weighted by molar-refractivity contribution is -0.572. The summed E-state index contributed by atoms with van der Waals surface area (Å²) in [6.45, 7) is 9.53. The van der Waals surface area contributed by atoms with Crippen molar-refractivity contribution in [3.05, 3.63) is 170 Å². The standard InChI is InChI=1S/C50H45N5O/c1-34(2)24-35-22-23-52-49(26-35)55-45-21-18-38(37-13-7-6-8-14-37)27-44(45)43-20-19-41(29-48(43)55)56-42-28-40(31-51-32-42)54-33-53(46-16-9-10-17-47(46)54)39-15-11-12-36(25-39)30-50(3,4)5/h6-23,25-29,31-32,34H,24,30H2,1-5H3/i24D2,30D2. The Morgan fingerprint density at radius 3 is 2.39 bits per heavy atom. The molecule has 0 bridgehead atoms. The maximum atomic E-state index is 8.91. The van der Waals surface area contributed by atoms with Crippen LogP contribution in [-0.2, 0) is 12.7 Å². The minimum Gasteiger partial charge on any atom is -0.456 e. The fourth-order valence-electron chi connectivity index (χ4n) is 7.41. The van der Waals surface area contributed by atoms with Crippen molar-refractivity contribution >= 4 is 32.8 Å². The first kappa shape index (κ1) is 30.8. The highest BCUT2D eigenvalue weighted by atomic mass is 16.5. The molecule has 0 aliphatic rings. The van der Waals surface area contributed by atoms with E-state index in [0.29, 0.717) is 28.4 Å². The summed E-state index contributed by atoms with van der Waals surface area (Å²) in [6, 6.07) is 43.9. The second kappa shape index (κ2) is 14.3. The number of pyridine rings is 2. The van der Waals surface area contributed by atoms with Crippen molar-refractivity contribution in [2.24, 2.45) is 11.3 Å². The van der Waals surface area contributed by atoms with Gasteiger partial charge in [0, 0.05) is 34.7 Å². The van der Waals surface area contributed by atoms with E-state index in [-0.39, 0.29) is 5.92 Å². The number of fused-ring (bicyclic) bond motifs is 4. The molecule has 6 heteroatoms. The Hall–Kier alpha value is -6.53. The summed E-state index contributed by atoms with van der Waals surface area (Å²) < 4.78 is 48.1. The van der Waals surface area contributed by atoms with Crippen molar-refractivity contribution < 1.29 is 14.8 Å². The molecule has 6 nitrogen and oxygen atoms in total. The molecule has 56 heavy (non-hydrogen) atoms. The van der Waals surface area contributed by atoms with E-state index in [0.717, 1.165) is 55.3 Å². The fourth-order valence-corrected chi connectivity index (χ4v) is 7.41. The Bertz CT molecular complexity index is 3050. The van der Waals surface area contributed by atoms with E-state index in [9.17, 15) is 0 Å². The van der Waals surface area contributed by atoms with Gasteiger partial charge in [0.1, 0.15) is 17.3 Å². The van der Waals surface area contributed by atoms with Crippen molar-refractivity contribution in [1.29, 1.82) is 0 Å². The first-order chi connectivity index (χ1) is 28.7. The maximum absolute atomic E-state index is 8.91. The summed E-state index contributed by atoms with van der Waals surface area (Å²) in [5.74, 6) is 1.52. The monoisotopic (exact) mass is 735 g/mol. The van der Waals surface area contributed by atoms with E-state index >= 15 is 0 Å². The molecule has 4 heterocycles. The molecule has 9 rings (SSSR count). The Balaban J connectivity index is 1.13.